The van der Waals surface area contributed by atoms with Crippen LogP contribution in [0.3, 0.4) is 0 Å². The second-order valence-electron chi connectivity index (χ2n) is 6.39. The van der Waals surface area contributed by atoms with Crippen LogP contribution in [0, 0.1) is 10.1 Å². The Kier molecular flexibility index (Phi) is 4.63. The number of nitro benzene ring substituents is 1. The molecule has 0 aliphatic carbocycles. The van der Waals surface area contributed by atoms with Crippen molar-refractivity contribution in [2.75, 3.05) is 11.2 Å². The number of anilines is 1. The van der Waals surface area contributed by atoms with Crippen molar-refractivity contribution in [2.45, 2.75) is 18.2 Å². The summed E-state index contributed by atoms with van der Waals surface area (Å²) in [6.45, 7) is 1.41. The number of benzene rings is 2. The number of nitrogens with zero attached hydrogens (tertiary/aromatic N) is 4. The first-order valence-corrected chi connectivity index (χ1v) is 9.88. The van der Waals surface area contributed by atoms with Gasteiger partial charge in [-0.25, -0.2) is 4.90 Å². The van der Waals surface area contributed by atoms with E-state index in [2.05, 4.69) is 10.1 Å². The second kappa shape index (κ2) is 7.13. The van der Waals surface area contributed by atoms with Gasteiger partial charge in [-0.05, 0) is 29.1 Å². The smallest absolute Gasteiger partial charge is 0.291 e. The lowest BCUT2D eigenvalue weighted by Gasteiger charge is -2.31. The topological polar surface area (TPSA) is 113 Å². The van der Waals surface area contributed by atoms with E-state index in [1.54, 1.807) is 42.7 Å². The third-order valence-electron chi connectivity index (χ3n) is 4.67. The van der Waals surface area contributed by atoms with Crippen molar-refractivity contribution in [3.8, 4) is 11.3 Å². The molecule has 1 aliphatic heterocycles. The first-order valence-electron chi connectivity index (χ1n) is 8.66. The highest BCUT2D eigenvalue weighted by Gasteiger charge is 2.45. The summed E-state index contributed by atoms with van der Waals surface area (Å²) in [5.74, 6) is -0.278. The van der Waals surface area contributed by atoms with Crippen molar-refractivity contribution < 1.29 is 14.4 Å². The Morgan fingerprint density at radius 2 is 2.03 bits per heavy atom. The number of amides is 1. The summed E-state index contributed by atoms with van der Waals surface area (Å²) in [5.41, 5.74) is 1.40. The average Bonchev–Trinajstić information content (AvgIpc) is 2.72. The summed E-state index contributed by atoms with van der Waals surface area (Å²) in [4.78, 5) is 40.6. The molecule has 1 N–H and O–H groups in total. The highest BCUT2D eigenvalue weighted by molar-refractivity contribution is 7.98. The van der Waals surface area contributed by atoms with Gasteiger partial charge in [0.25, 0.3) is 11.9 Å². The fourth-order valence-electron chi connectivity index (χ4n) is 3.50. The van der Waals surface area contributed by atoms with E-state index in [0.29, 0.717) is 22.0 Å². The van der Waals surface area contributed by atoms with Crippen molar-refractivity contribution in [2.24, 2.45) is 0 Å². The van der Waals surface area contributed by atoms with E-state index in [9.17, 15) is 19.7 Å². The predicted molar refractivity (Wildman–Crippen MR) is 107 cm³/mol. The number of aromatic amines is 1. The fourth-order valence-corrected chi connectivity index (χ4v) is 3.87. The number of carbonyl (C=O) groups is 1. The number of thioether (sulfide) groups is 1. The third kappa shape index (κ3) is 3.07. The van der Waals surface area contributed by atoms with Gasteiger partial charge in [-0.2, -0.15) is 0 Å². The van der Waals surface area contributed by atoms with Gasteiger partial charge in [-0.1, -0.05) is 30.0 Å². The van der Waals surface area contributed by atoms with E-state index in [1.807, 2.05) is 0 Å². The number of hydrogen-bond donors (Lipinski definition) is 1. The summed E-state index contributed by atoms with van der Waals surface area (Å²) >= 11 is 1.25. The van der Waals surface area contributed by atoms with Gasteiger partial charge in [0, 0.05) is 24.2 Å². The van der Waals surface area contributed by atoms with Gasteiger partial charge in [-0.15, -0.1) is 0 Å². The molecule has 4 rings (SSSR count). The number of carbonyl (C=O) groups excluding carboxylic acids is 1. The van der Waals surface area contributed by atoms with Crippen LogP contribution in [-0.2, 0) is 4.79 Å². The van der Waals surface area contributed by atoms with Crippen molar-refractivity contribution >= 4 is 29.0 Å². The molecule has 0 saturated heterocycles. The molecule has 1 aliphatic rings. The number of nitro groups is 1. The summed E-state index contributed by atoms with van der Waals surface area (Å²) < 4.78 is 1.47. The highest BCUT2D eigenvalue weighted by Crippen LogP contribution is 2.37. The number of H-pyrrole nitrogens is 1. The van der Waals surface area contributed by atoms with Crippen LogP contribution < -0.4 is 15.1 Å². The minimum absolute atomic E-state index is 0.109. The number of hydrogen-bond acceptors (Lipinski definition) is 6. The Morgan fingerprint density at radius 3 is 2.72 bits per heavy atom. The van der Waals surface area contributed by atoms with Gasteiger partial charge >= 0.3 is 11.3 Å². The van der Waals surface area contributed by atoms with Crippen LogP contribution in [0.2, 0.25) is 0 Å². The van der Waals surface area contributed by atoms with Gasteiger partial charge in [-0.3, -0.25) is 24.7 Å². The maximum Gasteiger partial charge on any atom is 0.325 e. The van der Waals surface area contributed by atoms with Crippen LogP contribution >= 0.6 is 11.8 Å². The zero-order valence-electron chi connectivity index (χ0n) is 15.5. The van der Waals surface area contributed by atoms with Crippen molar-refractivity contribution in [3.05, 3.63) is 74.6 Å². The van der Waals surface area contributed by atoms with Gasteiger partial charge in [0.1, 0.15) is 0 Å². The normalized spacial score (nSPS) is 14.8. The van der Waals surface area contributed by atoms with E-state index >= 15 is 0 Å². The molecule has 10 heteroatoms. The summed E-state index contributed by atoms with van der Waals surface area (Å²) in [6.07, 6.45) is 0.929. The molecule has 3 aromatic rings. The van der Waals surface area contributed by atoms with Gasteiger partial charge in [0.15, 0.2) is 0 Å². The van der Waals surface area contributed by atoms with E-state index in [0.717, 1.165) is 0 Å². The Balaban J connectivity index is 2.08. The lowest BCUT2D eigenvalue weighted by Crippen LogP contribution is -2.60. The van der Waals surface area contributed by atoms with Crippen LogP contribution in [-0.4, -0.2) is 27.2 Å². The zero-order chi connectivity index (χ0) is 20.7. The molecule has 1 unspecified atom stereocenters. The number of fused-ring (bicyclic) bond motifs is 3. The van der Waals surface area contributed by atoms with Crippen molar-refractivity contribution in [1.29, 1.82) is 0 Å². The lowest BCUT2D eigenvalue weighted by atomic mass is 10.0. The molecule has 0 bridgehead atoms. The number of nitrogens with one attached hydrogen (secondary N) is 1. The number of non-ortho nitro benzene ring substituents is 1. The van der Waals surface area contributed by atoms with Crippen LogP contribution in [0.1, 0.15) is 18.7 Å². The van der Waals surface area contributed by atoms with Crippen LogP contribution in [0.25, 0.3) is 11.3 Å². The van der Waals surface area contributed by atoms with Gasteiger partial charge < -0.3 is 0 Å². The monoisotopic (exact) mass is 410 g/mol. The number of para-hydroxylation sites is 1. The Morgan fingerprint density at radius 1 is 1.28 bits per heavy atom. The summed E-state index contributed by atoms with van der Waals surface area (Å²) in [6, 6.07) is 13.0. The summed E-state index contributed by atoms with van der Waals surface area (Å²) in [7, 11) is 0. The highest BCUT2D eigenvalue weighted by atomic mass is 32.2. The minimum atomic E-state index is -0.842. The van der Waals surface area contributed by atoms with E-state index < -0.39 is 11.1 Å². The fraction of sp³-hybridized carbons (Fsp3) is 0.158. The largest absolute Gasteiger partial charge is 0.325 e. The second-order valence-corrected chi connectivity index (χ2v) is 7.18. The maximum atomic E-state index is 12.9. The van der Waals surface area contributed by atoms with E-state index in [-0.39, 0.29) is 22.8 Å². The molecule has 2 aromatic carbocycles. The molecule has 1 aromatic heterocycles. The minimum Gasteiger partial charge on any atom is -0.291 e. The molecule has 0 saturated carbocycles. The molecule has 0 spiro atoms. The van der Waals surface area contributed by atoms with E-state index in [4.69, 9.17) is 0 Å². The molecule has 0 radical (unpaired) electrons. The van der Waals surface area contributed by atoms with E-state index in [1.165, 1.54) is 40.4 Å². The lowest BCUT2D eigenvalue weighted by molar-refractivity contribution is -0.763. The summed E-state index contributed by atoms with van der Waals surface area (Å²) in [5, 5.41) is 16.2. The van der Waals surface area contributed by atoms with Crippen LogP contribution in [0.15, 0.2) is 58.5 Å². The maximum absolute atomic E-state index is 12.9. The molecular weight excluding hydrogens is 394 g/mol. The van der Waals surface area contributed by atoms with Crippen molar-refractivity contribution in [1.82, 2.24) is 10.1 Å². The Bertz CT molecular complexity index is 1210. The molecule has 1 atom stereocenters. The average molecular weight is 410 g/mol. The first-order chi connectivity index (χ1) is 13.9. The molecule has 29 heavy (non-hydrogen) atoms. The quantitative estimate of drug-likeness (QED) is 0.307. The molecule has 2 heterocycles. The standard InChI is InChI=1S/C19H15N5O4S/c1-11(25)22-15-9-4-3-8-14(15)16-17(26)20-19(29-2)21-23(16)18(22)12-6-5-7-13(10-12)24(27)28/h3-10,18H,1-2H3/p+1. The molecule has 0 fully saturated rings. The molecule has 9 nitrogen and oxygen atoms in total. The van der Waals surface area contributed by atoms with Crippen molar-refractivity contribution in [3.63, 3.8) is 0 Å². The Labute approximate surface area is 169 Å². The predicted octanol–water partition coefficient (Wildman–Crippen LogP) is 2.27. The first kappa shape index (κ1) is 18.8. The zero-order valence-corrected chi connectivity index (χ0v) is 16.3. The van der Waals surface area contributed by atoms with Crippen LogP contribution in [0.5, 0.6) is 0 Å². The molecular formula is C19H16N5O4S+. The SMILES string of the molecule is CSc1n[n+]2c(c(=O)[nH]1)-c1ccccc1N(C(C)=O)C2c1cccc([N+](=O)[O-])c1. The molecule has 1 amide bonds. The van der Waals surface area contributed by atoms with Crippen LogP contribution in [0.4, 0.5) is 11.4 Å². The Hall–Kier alpha value is -3.53. The number of aromatic nitrogens is 3. The third-order valence-corrected chi connectivity index (χ3v) is 5.24. The number of rotatable bonds is 3. The molecule has 146 valence electrons. The van der Waals surface area contributed by atoms with Gasteiger partial charge in [0.05, 0.1) is 21.7 Å². The van der Waals surface area contributed by atoms with Gasteiger partial charge in [0.2, 0.25) is 11.1 Å².